The average molecular weight is 448 g/mol. The van der Waals surface area contributed by atoms with Gasteiger partial charge in [-0.15, -0.1) is 0 Å². The maximum absolute atomic E-state index is 13.0. The Hall–Kier alpha value is -4.64. The molecule has 5 rings (SSSR count). The molecule has 0 radical (unpaired) electrons. The number of ether oxygens (including phenoxy) is 1. The quantitative estimate of drug-likeness (QED) is 0.186. The molecule has 0 aliphatic heterocycles. The lowest BCUT2D eigenvalue weighted by Crippen LogP contribution is -2.09. The summed E-state index contributed by atoms with van der Waals surface area (Å²) < 4.78 is 5.78. The molecule has 0 heterocycles. The minimum Gasteiger partial charge on any atom is -0.507 e. The Morgan fingerprint density at radius 1 is 0.676 bits per heavy atom. The van der Waals surface area contributed by atoms with E-state index in [0.717, 1.165) is 16.2 Å². The lowest BCUT2D eigenvalue weighted by molar-refractivity contribution is 0.0732. The van der Waals surface area contributed by atoms with Crippen LogP contribution in [0.4, 0.5) is 0 Å². The highest BCUT2D eigenvalue weighted by atomic mass is 16.5. The molecule has 0 saturated heterocycles. The number of rotatable bonds is 4. The molecular weight excluding hydrogens is 428 g/mol. The number of phenols is 2. The number of Topliss-reactive ketones (excluding diaryl/α,β-unsaturated/α-hetero) is 1. The van der Waals surface area contributed by atoms with E-state index < -0.39 is 5.97 Å². The van der Waals surface area contributed by atoms with Gasteiger partial charge in [0.1, 0.15) is 22.8 Å². The van der Waals surface area contributed by atoms with E-state index in [1.54, 1.807) is 24.3 Å². The molecule has 0 unspecified atom stereocenters. The molecule has 0 spiro atoms. The van der Waals surface area contributed by atoms with Crippen LogP contribution in [0.25, 0.3) is 32.7 Å². The van der Waals surface area contributed by atoms with Crippen LogP contribution in [-0.4, -0.2) is 22.0 Å². The predicted octanol–water partition coefficient (Wildman–Crippen LogP) is 6.49. The van der Waals surface area contributed by atoms with Gasteiger partial charge in [-0.2, -0.15) is 0 Å². The number of benzene rings is 5. The van der Waals surface area contributed by atoms with E-state index in [0.29, 0.717) is 16.5 Å². The van der Waals surface area contributed by atoms with Crippen molar-refractivity contribution in [1.82, 2.24) is 0 Å². The third-order valence-corrected chi connectivity index (χ3v) is 5.87. The standard InChI is InChI=1S/C29H20O5/c1-17(30)23-16-19-9-3-5-11-21(19)27(28(23)32)26-20-10-4-2-8-18(20)14-15-25(26)34-29(33)22-12-6-7-13-24(22)31/h2-16,31-32H,1H3. The minimum absolute atomic E-state index is 0.0215. The fourth-order valence-corrected chi connectivity index (χ4v) is 4.25. The first kappa shape index (κ1) is 21.2. The van der Waals surface area contributed by atoms with Crippen molar-refractivity contribution in [3.05, 3.63) is 102 Å². The molecule has 0 fully saturated rings. The lowest BCUT2D eigenvalue weighted by atomic mass is 9.89. The minimum atomic E-state index is -0.735. The van der Waals surface area contributed by atoms with E-state index in [4.69, 9.17) is 4.74 Å². The maximum atomic E-state index is 13.0. The van der Waals surface area contributed by atoms with Crippen LogP contribution in [0.3, 0.4) is 0 Å². The Labute approximate surface area is 195 Å². The second kappa shape index (κ2) is 8.37. The third-order valence-electron chi connectivity index (χ3n) is 5.87. The molecule has 166 valence electrons. The Bertz CT molecular complexity index is 1600. The summed E-state index contributed by atoms with van der Waals surface area (Å²) in [6.07, 6.45) is 0. The highest BCUT2D eigenvalue weighted by Crippen LogP contribution is 2.46. The van der Waals surface area contributed by atoms with Gasteiger partial charge in [0.05, 0.1) is 5.56 Å². The number of carbonyl (C=O) groups excluding carboxylic acids is 2. The van der Waals surface area contributed by atoms with Gasteiger partial charge in [0.2, 0.25) is 0 Å². The molecule has 0 atom stereocenters. The van der Waals surface area contributed by atoms with E-state index >= 15 is 0 Å². The van der Waals surface area contributed by atoms with Crippen molar-refractivity contribution in [3.8, 4) is 28.4 Å². The Kier molecular flexibility index (Phi) is 5.22. The number of ketones is 1. The highest BCUT2D eigenvalue weighted by molar-refractivity contribution is 6.14. The van der Waals surface area contributed by atoms with Gasteiger partial charge in [0.25, 0.3) is 0 Å². The van der Waals surface area contributed by atoms with Gasteiger partial charge in [-0.1, -0.05) is 66.7 Å². The van der Waals surface area contributed by atoms with Crippen LogP contribution in [0, 0.1) is 0 Å². The zero-order valence-corrected chi connectivity index (χ0v) is 18.3. The molecule has 0 aromatic heterocycles. The molecule has 5 aromatic rings. The van der Waals surface area contributed by atoms with Crippen molar-refractivity contribution in [3.63, 3.8) is 0 Å². The topological polar surface area (TPSA) is 83.8 Å². The second-order valence-electron chi connectivity index (χ2n) is 7.99. The molecule has 5 aromatic carbocycles. The van der Waals surface area contributed by atoms with Crippen LogP contribution in [0.2, 0.25) is 0 Å². The zero-order chi connectivity index (χ0) is 23.8. The van der Waals surface area contributed by atoms with Crippen molar-refractivity contribution in [1.29, 1.82) is 0 Å². The van der Waals surface area contributed by atoms with Crippen molar-refractivity contribution >= 4 is 33.3 Å². The van der Waals surface area contributed by atoms with E-state index in [1.165, 1.54) is 19.1 Å². The van der Waals surface area contributed by atoms with Crippen LogP contribution in [-0.2, 0) is 0 Å². The van der Waals surface area contributed by atoms with Crippen LogP contribution in [0.15, 0.2) is 91.0 Å². The molecule has 0 amide bonds. The highest BCUT2D eigenvalue weighted by Gasteiger charge is 2.24. The molecule has 34 heavy (non-hydrogen) atoms. The number of hydrogen-bond acceptors (Lipinski definition) is 5. The molecule has 0 bridgehead atoms. The van der Waals surface area contributed by atoms with E-state index in [2.05, 4.69) is 0 Å². The summed E-state index contributed by atoms with van der Waals surface area (Å²) in [4.78, 5) is 25.3. The number of hydrogen-bond donors (Lipinski definition) is 2. The summed E-state index contributed by atoms with van der Waals surface area (Å²) in [5.74, 6) is -1.18. The molecule has 5 heteroatoms. The van der Waals surface area contributed by atoms with Gasteiger partial charge in [-0.3, -0.25) is 4.79 Å². The smallest absolute Gasteiger partial charge is 0.347 e. The van der Waals surface area contributed by atoms with Gasteiger partial charge in [0.15, 0.2) is 5.78 Å². The summed E-state index contributed by atoms with van der Waals surface area (Å²) in [5.41, 5.74) is 1.09. The fraction of sp³-hybridized carbons (Fsp3) is 0.0345. The first-order valence-electron chi connectivity index (χ1n) is 10.7. The van der Waals surface area contributed by atoms with Crippen molar-refractivity contribution in [2.24, 2.45) is 0 Å². The van der Waals surface area contributed by atoms with Crippen LogP contribution in [0.5, 0.6) is 17.2 Å². The summed E-state index contributed by atoms with van der Waals surface area (Å²) in [6.45, 7) is 1.40. The summed E-state index contributed by atoms with van der Waals surface area (Å²) in [7, 11) is 0. The molecular formula is C29H20O5. The van der Waals surface area contributed by atoms with Gasteiger partial charge in [-0.25, -0.2) is 4.79 Å². The summed E-state index contributed by atoms with van der Waals surface area (Å²) in [5, 5.41) is 24.5. The number of carbonyl (C=O) groups is 2. The number of aromatic hydroxyl groups is 2. The molecule has 0 aliphatic carbocycles. The Morgan fingerprint density at radius 3 is 2.00 bits per heavy atom. The number of fused-ring (bicyclic) bond motifs is 2. The van der Waals surface area contributed by atoms with Crippen LogP contribution in [0.1, 0.15) is 27.6 Å². The number of para-hydroxylation sites is 1. The monoisotopic (exact) mass is 448 g/mol. The van der Waals surface area contributed by atoms with Crippen molar-refractivity contribution in [2.45, 2.75) is 6.92 Å². The normalized spacial score (nSPS) is 11.0. The summed E-state index contributed by atoms with van der Waals surface area (Å²) >= 11 is 0. The number of esters is 1. The largest absolute Gasteiger partial charge is 0.507 e. The molecule has 2 N–H and O–H groups in total. The second-order valence-corrected chi connectivity index (χ2v) is 7.99. The van der Waals surface area contributed by atoms with Gasteiger partial charge in [0, 0.05) is 11.1 Å². The first-order valence-corrected chi connectivity index (χ1v) is 10.7. The van der Waals surface area contributed by atoms with Crippen molar-refractivity contribution < 1.29 is 24.5 Å². The Morgan fingerprint density at radius 2 is 1.29 bits per heavy atom. The molecule has 0 saturated carbocycles. The van der Waals surface area contributed by atoms with Crippen LogP contribution < -0.4 is 4.74 Å². The molecule has 0 aliphatic rings. The predicted molar refractivity (Wildman–Crippen MR) is 132 cm³/mol. The maximum Gasteiger partial charge on any atom is 0.347 e. The lowest BCUT2D eigenvalue weighted by Gasteiger charge is -2.18. The Balaban J connectivity index is 1.83. The van der Waals surface area contributed by atoms with Crippen LogP contribution >= 0.6 is 0 Å². The fourth-order valence-electron chi connectivity index (χ4n) is 4.25. The molecule has 5 nitrogen and oxygen atoms in total. The number of phenolic OH excluding ortho intramolecular Hbond substituents is 2. The SMILES string of the molecule is CC(=O)c1cc2ccccc2c(-c2c(OC(=O)c3ccccc3O)ccc3ccccc23)c1O. The van der Waals surface area contributed by atoms with Gasteiger partial charge in [-0.05, 0) is 52.7 Å². The third kappa shape index (κ3) is 3.53. The van der Waals surface area contributed by atoms with E-state index in [1.807, 2.05) is 54.6 Å². The van der Waals surface area contributed by atoms with E-state index in [9.17, 15) is 19.8 Å². The first-order chi connectivity index (χ1) is 16.5. The average Bonchev–Trinajstić information content (AvgIpc) is 2.84. The zero-order valence-electron chi connectivity index (χ0n) is 18.3. The summed E-state index contributed by atoms with van der Waals surface area (Å²) in [6, 6.07) is 26.2. The van der Waals surface area contributed by atoms with Crippen molar-refractivity contribution in [2.75, 3.05) is 0 Å². The van der Waals surface area contributed by atoms with E-state index in [-0.39, 0.29) is 34.2 Å². The van der Waals surface area contributed by atoms with Gasteiger partial charge >= 0.3 is 5.97 Å². The van der Waals surface area contributed by atoms with Gasteiger partial charge < -0.3 is 14.9 Å².